The molecule has 0 rings (SSSR count). The second-order valence-electron chi connectivity index (χ2n) is 31.9. The highest BCUT2D eigenvalue weighted by Gasteiger charge is 2.30. The topological polar surface area (TPSA) is 237 Å². The van der Waals surface area contributed by atoms with Crippen LogP contribution >= 0.6 is 15.6 Å². The molecule has 0 fully saturated rings. The molecule has 0 aromatic heterocycles. The van der Waals surface area contributed by atoms with Gasteiger partial charge in [0.05, 0.1) is 26.4 Å². The number of phosphoric acid groups is 2. The Kier molecular flexibility index (Phi) is 76.0. The molecule has 2 unspecified atom stereocenters. The van der Waals surface area contributed by atoms with E-state index in [1.54, 1.807) is 0 Å². The number of aliphatic hydroxyl groups excluding tert-OH is 1. The van der Waals surface area contributed by atoms with Gasteiger partial charge in [0, 0.05) is 25.7 Å². The van der Waals surface area contributed by atoms with Crippen molar-refractivity contribution in [2.45, 2.75) is 477 Å². The normalized spacial score (nSPS) is 13.8. The van der Waals surface area contributed by atoms with Crippen LogP contribution in [0.15, 0.2) is 0 Å². The molecule has 0 spiro atoms. The molecule has 0 saturated heterocycles. The van der Waals surface area contributed by atoms with Gasteiger partial charge in [-0.3, -0.25) is 37.3 Å². The summed E-state index contributed by atoms with van der Waals surface area (Å²) in [4.78, 5) is 73.3. The number of carbonyl (C=O) groups is 4. The van der Waals surface area contributed by atoms with Gasteiger partial charge < -0.3 is 33.8 Å². The van der Waals surface area contributed by atoms with Gasteiger partial charge in [0.2, 0.25) is 0 Å². The summed E-state index contributed by atoms with van der Waals surface area (Å²) >= 11 is 0. The van der Waals surface area contributed by atoms with Crippen LogP contribution in [0, 0.1) is 11.8 Å². The molecule has 0 radical (unpaired) electrons. The van der Waals surface area contributed by atoms with Gasteiger partial charge in [0.25, 0.3) is 0 Å². The summed E-state index contributed by atoms with van der Waals surface area (Å²) < 4.78 is 69.0. The Hall–Kier alpha value is -1.94. The molecule has 17 nitrogen and oxygen atoms in total. The van der Waals surface area contributed by atoms with Crippen LogP contribution in [0.1, 0.15) is 459 Å². The second-order valence-corrected chi connectivity index (χ2v) is 34.8. The fourth-order valence-electron chi connectivity index (χ4n) is 13.4. The third kappa shape index (κ3) is 79.9. The lowest BCUT2D eigenvalue weighted by Crippen LogP contribution is -2.30. The van der Waals surface area contributed by atoms with Crippen molar-refractivity contribution in [1.29, 1.82) is 0 Å². The van der Waals surface area contributed by atoms with E-state index in [4.69, 9.17) is 37.0 Å². The first-order valence-electron chi connectivity index (χ1n) is 44.5. The first-order chi connectivity index (χ1) is 50.9. The molecule has 3 N–H and O–H groups in total. The molecule has 0 saturated carbocycles. The van der Waals surface area contributed by atoms with Crippen molar-refractivity contribution in [3.63, 3.8) is 0 Å². The fraction of sp³-hybridized carbons (Fsp3) is 0.953. The van der Waals surface area contributed by atoms with Crippen LogP contribution in [0.5, 0.6) is 0 Å². The van der Waals surface area contributed by atoms with Gasteiger partial charge in [0.1, 0.15) is 19.3 Å². The van der Waals surface area contributed by atoms with Crippen LogP contribution in [0.25, 0.3) is 0 Å². The lowest BCUT2D eigenvalue weighted by molar-refractivity contribution is -0.161. The molecule has 0 aromatic rings. The molecule has 0 heterocycles. The van der Waals surface area contributed by atoms with Gasteiger partial charge >= 0.3 is 39.5 Å². The van der Waals surface area contributed by atoms with E-state index >= 15 is 0 Å². The molecule has 0 aliphatic heterocycles. The molecular formula is C86H168O17P2. The summed E-state index contributed by atoms with van der Waals surface area (Å²) in [6.07, 6.45) is 69.2. The zero-order valence-corrected chi connectivity index (χ0v) is 70.8. The van der Waals surface area contributed by atoms with Crippen LogP contribution in [-0.4, -0.2) is 96.7 Å². The largest absolute Gasteiger partial charge is 0.472 e. The maximum atomic E-state index is 13.1. The zero-order valence-electron chi connectivity index (χ0n) is 69.0. The number of aliphatic hydroxyl groups is 1. The Balaban J connectivity index is 5.27. The average Bonchev–Trinajstić information content (AvgIpc) is 0.927. The van der Waals surface area contributed by atoms with Crippen LogP contribution in [-0.2, 0) is 65.4 Å². The molecule has 5 atom stereocenters. The highest BCUT2D eigenvalue weighted by atomic mass is 31.2. The van der Waals surface area contributed by atoms with Gasteiger partial charge in [-0.05, 0) is 37.5 Å². The minimum absolute atomic E-state index is 0.108. The Morgan fingerprint density at radius 3 is 0.648 bits per heavy atom. The van der Waals surface area contributed by atoms with Crippen LogP contribution in [0.2, 0.25) is 0 Å². The monoisotopic (exact) mass is 1540 g/mol. The molecule has 0 aliphatic rings. The lowest BCUT2D eigenvalue weighted by atomic mass is 10.0. The van der Waals surface area contributed by atoms with E-state index in [9.17, 15) is 43.2 Å². The van der Waals surface area contributed by atoms with E-state index in [1.807, 2.05) is 0 Å². The van der Waals surface area contributed by atoms with Crippen molar-refractivity contribution in [2.24, 2.45) is 11.8 Å². The summed E-state index contributed by atoms with van der Waals surface area (Å²) in [5.41, 5.74) is 0. The minimum atomic E-state index is -4.97. The number of esters is 4. The highest BCUT2D eigenvalue weighted by Crippen LogP contribution is 2.45. The Labute approximate surface area is 645 Å². The molecule has 0 amide bonds. The summed E-state index contributed by atoms with van der Waals surface area (Å²) in [5, 5.41) is 10.7. The van der Waals surface area contributed by atoms with E-state index in [0.29, 0.717) is 25.7 Å². The maximum Gasteiger partial charge on any atom is 0.472 e. The summed E-state index contributed by atoms with van der Waals surface area (Å²) in [6.45, 7) is 9.73. The van der Waals surface area contributed by atoms with Crippen LogP contribution in [0.4, 0.5) is 0 Å². The molecule has 105 heavy (non-hydrogen) atoms. The Morgan fingerprint density at radius 2 is 0.438 bits per heavy atom. The molecule has 19 heteroatoms. The number of phosphoric ester groups is 2. The van der Waals surface area contributed by atoms with Gasteiger partial charge in [-0.25, -0.2) is 9.13 Å². The number of carbonyl (C=O) groups excluding carboxylic acids is 4. The quantitative estimate of drug-likeness (QED) is 0.0222. The standard InChI is InChI=1S/C86H168O17P2/c1-7-9-11-13-15-17-19-21-22-23-26-34-40-46-52-58-64-70-85(90)102-81(74-96-83(88)68-62-56-50-44-38-30-20-18-16-14-12-10-8-2)76-100-104(92,93)98-72-80(87)73-99-105(94,95)101-77-82(75-97-84(89)69-63-57-51-45-39-33-29-28-32-37-43-49-55-61-67-79(5)6)103-86(91)71-65-59-53-47-41-35-27-24-25-31-36-42-48-54-60-66-78(3)4/h78-82,87H,7-77H2,1-6H3,(H,92,93)(H,94,95)/t80-,81+,82+/m0/s1. The van der Waals surface area contributed by atoms with Crippen LogP contribution < -0.4 is 0 Å². The molecule has 0 bridgehead atoms. The van der Waals surface area contributed by atoms with Gasteiger partial charge in [-0.15, -0.1) is 0 Å². The van der Waals surface area contributed by atoms with E-state index in [1.165, 1.54) is 276 Å². The zero-order chi connectivity index (χ0) is 77.1. The highest BCUT2D eigenvalue weighted by molar-refractivity contribution is 7.47. The maximum absolute atomic E-state index is 13.1. The van der Waals surface area contributed by atoms with Gasteiger partial charge in [-0.1, -0.05) is 408 Å². The van der Waals surface area contributed by atoms with E-state index < -0.39 is 97.5 Å². The first kappa shape index (κ1) is 103. The smallest absolute Gasteiger partial charge is 0.462 e. The number of hydrogen-bond donors (Lipinski definition) is 3. The van der Waals surface area contributed by atoms with Crippen molar-refractivity contribution >= 4 is 39.5 Å². The molecule has 0 aliphatic carbocycles. The summed E-state index contributed by atoms with van der Waals surface area (Å²) in [6, 6.07) is 0. The number of unbranched alkanes of at least 4 members (excludes halogenated alkanes) is 55. The minimum Gasteiger partial charge on any atom is -0.462 e. The number of ether oxygens (including phenoxy) is 4. The van der Waals surface area contributed by atoms with Gasteiger partial charge in [0.15, 0.2) is 12.2 Å². The predicted octanol–water partition coefficient (Wildman–Crippen LogP) is 26.2. The van der Waals surface area contributed by atoms with Crippen molar-refractivity contribution in [2.75, 3.05) is 39.6 Å². The fourth-order valence-corrected chi connectivity index (χ4v) is 15.0. The third-order valence-corrected chi connectivity index (χ3v) is 22.1. The predicted molar refractivity (Wildman–Crippen MR) is 432 cm³/mol. The summed E-state index contributed by atoms with van der Waals surface area (Å²) in [7, 11) is -9.93. The lowest BCUT2D eigenvalue weighted by Gasteiger charge is -2.21. The van der Waals surface area contributed by atoms with E-state index in [-0.39, 0.29) is 25.7 Å². The van der Waals surface area contributed by atoms with Crippen molar-refractivity contribution in [3.05, 3.63) is 0 Å². The SMILES string of the molecule is CCCCCCCCCCCCCCCCCCCC(=O)O[C@H](COC(=O)CCCCCCCCCCCCCCC)COP(=O)(O)OC[C@H](O)COP(=O)(O)OC[C@@H](COC(=O)CCCCCCCCCCCCCCCCC(C)C)OC(=O)CCCCCCCCCCCCCCCCCC(C)C. The Bertz CT molecular complexity index is 2010. The number of hydrogen-bond acceptors (Lipinski definition) is 15. The second kappa shape index (κ2) is 77.4. The van der Waals surface area contributed by atoms with Crippen LogP contribution in [0.3, 0.4) is 0 Å². The summed E-state index contributed by atoms with van der Waals surface area (Å²) in [5.74, 6) is -0.497. The molecule has 624 valence electrons. The average molecular weight is 1540 g/mol. The van der Waals surface area contributed by atoms with E-state index in [2.05, 4.69) is 41.5 Å². The number of rotatable bonds is 85. The van der Waals surface area contributed by atoms with Gasteiger partial charge in [-0.2, -0.15) is 0 Å². The molecule has 0 aromatic carbocycles. The van der Waals surface area contributed by atoms with Crippen molar-refractivity contribution in [3.8, 4) is 0 Å². The third-order valence-electron chi connectivity index (χ3n) is 20.2. The Morgan fingerprint density at radius 1 is 0.257 bits per heavy atom. The van der Waals surface area contributed by atoms with Crippen molar-refractivity contribution in [1.82, 2.24) is 0 Å². The molecular weight excluding hydrogens is 1370 g/mol. The van der Waals surface area contributed by atoms with Crippen molar-refractivity contribution < 1.29 is 80.2 Å². The first-order valence-corrected chi connectivity index (χ1v) is 47.5. The van der Waals surface area contributed by atoms with E-state index in [0.717, 1.165) is 102 Å².